The maximum Gasteiger partial charge on any atom is 0.0197 e. The van der Waals surface area contributed by atoms with Gasteiger partial charge in [-0.1, -0.05) is 27.7 Å². The summed E-state index contributed by atoms with van der Waals surface area (Å²) in [6.07, 6.45) is 0. The van der Waals surface area contributed by atoms with Crippen LogP contribution in [-0.4, -0.2) is 62.2 Å². The lowest BCUT2D eigenvalue weighted by atomic mass is 10.00. The molecule has 0 aliphatic rings. The van der Waals surface area contributed by atoms with E-state index in [4.69, 9.17) is 0 Å². The molecule has 0 aromatic heterocycles. The van der Waals surface area contributed by atoms with Gasteiger partial charge in [0.1, 0.15) is 0 Å². The fourth-order valence-electron chi connectivity index (χ4n) is 2.73. The molecule has 0 aromatic carbocycles. The average molecular weight is 271 g/mol. The predicted molar refractivity (Wildman–Crippen MR) is 86.7 cm³/mol. The van der Waals surface area contributed by atoms with Crippen LogP contribution in [-0.2, 0) is 0 Å². The summed E-state index contributed by atoms with van der Waals surface area (Å²) in [4.78, 5) is 4.91. The van der Waals surface area contributed by atoms with E-state index in [1.54, 1.807) is 0 Å². The van der Waals surface area contributed by atoms with Gasteiger partial charge in [-0.3, -0.25) is 4.90 Å². The highest BCUT2D eigenvalue weighted by atomic mass is 15.2. The van der Waals surface area contributed by atoms with Crippen LogP contribution in [0.4, 0.5) is 0 Å². The molecule has 1 N–H and O–H groups in total. The van der Waals surface area contributed by atoms with Crippen LogP contribution in [0.5, 0.6) is 0 Å². The Kier molecular flexibility index (Phi) is 9.67. The Bertz CT molecular complexity index is 216. The molecule has 0 amide bonds. The van der Waals surface area contributed by atoms with E-state index in [-0.39, 0.29) is 0 Å². The van der Waals surface area contributed by atoms with Gasteiger partial charge in [-0.05, 0) is 59.4 Å². The molecule has 3 nitrogen and oxygen atoms in total. The Hall–Kier alpha value is -0.120. The lowest BCUT2D eigenvalue weighted by molar-refractivity contribution is 0.104. The minimum Gasteiger partial charge on any atom is -0.316 e. The maximum absolute atomic E-state index is 3.59. The van der Waals surface area contributed by atoms with E-state index in [1.165, 1.54) is 0 Å². The van der Waals surface area contributed by atoms with Crippen LogP contribution in [0.1, 0.15) is 41.5 Å². The summed E-state index contributed by atoms with van der Waals surface area (Å²) in [7, 11) is 4.31. The predicted octanol–water partition coefficient (Wildman–Crippen LogP) is 2.53. The van der Waals surface area contributed by atoms with E-state index in [0.29, 0.717) is 18.0 Å². The number of nitrogens with zero attached hydrogens (tertiary/aromatic N) is 2. The Balaban J connectivity index is 4.27. The molecule has 0 radical (unpaired) electrons. The molecule has 3 unspecified atom stereocenters. The molecule has 0 rings (SSSR count). The monoisotopic (exact) mass is 271 g/mol. The number of likely N-dealkylation sites (N-methyl/N-ethyl adjacent to an activating group) is 2. The zero-order chi connectivity index (χ0) is 15.0. The lowest BCUT2D eigenvalue weighted by Gasteiger charge is -2.38. The topological polar surface area (TPSA) is 18.5 Å². The third-order valence-electron chi connectivity index (χ3n) is 3.93. The highest BCUT2D eigenvalue weighted by molar-refractivity contribution is 4.79. The number of hydrogen-bond acceptors (Lipinski definition) is 3. The molecule has 0 aliphatic carbocycles. The van der Waals surface area contributed by atoms with Gasteiger partial charge in [0.2, 0.25) is 0 Å². The Morgan fingerprint density at radius 3 is 1.95 bits per heavy atom. The van der Waals surface area contributed by atoms with Crippen molar-refractivity contribution in [2.45, 2.75) is 53.6 Å². The van der Waals surface area contributed by atoms with Gasteiger partial charge in [-0.25, -0.2) is 0 Å². The van der Waals surface area contributed by atoms with Crippen molar-refractivity contribution in [3.63, 3.8) is 0 Å². The second-order valence-corrected chi connectivity index (χ2v) is 6.71. The van der Waals surface area contributed by atoms with Crippen LogP contribution in [0.15, 0.2) is 0 Å². The highest BCUT2D eigenvalue weighted by Crippen LogP contribution is 2.14. The second-order valence-electron chi connectivity index (χ2n) is 6.71. The molecular weight excluding hydrogens is 234 g/mol. The third-order valence-corrected chi connectivity index (χ3v) is 3.93. The first kappa shape index (κ1) is 18.9. The lowest BCUT2D eigenvalue weighted by Crippen LogP contribution is -2.49. The molecule has 19 heavy (non-hydrogen) atoms. The largest absolute Gasteiger partial charge is 0.316 e. The van der Waals surface area contributed by atoms with Crippen molar-refractivity contribution < 1.29 is 0 Å². The van der Waals surface area contributed by atoms with E-state index in [0.717, 1.165) is 32.1 Å². The summed E-state index contributed by atoms with van der Waals surface area (Å²) in [5, 5.41) is 3.59. The maximum atomic E-state index is 3.59. The summed E-state index contributed by atoms with van der Waals surface area (Å²) >= 11 is 0. The smallest absolute Gasteiger partial charge is 0.0197 e. The minimum absolute atomic E-state index is 0.613. The molecule has 3 atom stereocenters. The van der Waals surface area contributed by atoms with Gasteiger partial charge in [0.15, 0.2) is 0 Å². The van der Waals surface area contributed by atoms with Crippen LogP contribution in [0, 0.1) is 11.8 Å². The summed E-state index contributed by atoms with van der Waals surface area (Å²) in [6, 6.07) is 1.24. The minimum atomic E-state index is 0.613. The Labute approximate surface area is 121 Å². The van der Waals surface area contributed by atoms with Crippen molar-refractivity contribution in [3.8, 4) is 0 Å². The first-order valence-electron chi connectivity index (χ1n) is 7.90. The van der Waals surface area contributed by atoms with E-state index in [2.05, 4.69) is 70.8 Å². The average Bonchev–Trinajstić information content (AvgIpc) is 2.27. The number of rotatable bonds is 10. The molecule has 0 aromatic rings. The van der Waals surface area contributed by atoms with Gasteiger partial charge in [-0.2, -0.15) is 0 Å². The molecule has 116 valence electrons. The van der Waals surface area contributed by atoms with Gasteiger partial charge >= 0.3 is 0 Å². The number of nitrogens with one attached hydrogen (secondary N) is 1. The molecule has 0 spiro atoms. The molecule has 0 heterocycles. The summed E-state index contributed by atoms with van der Waals surface area (Å²) in [5.74, 6) is 1.42. The quantitative estimate of drug-likeness (QED) is 0.659. The van der Waals surface area contributed by atoms with Crippen molar-refractivity contribution in [3.05, 3.63) is 0 Å². The van der Waals surface area contributed by atoms with Crippen LogP contribution in [0.2, 0.25) is 0 Å². The first-order chi connectivity index (χ1) is 8.79. The number of hydrogen-bond donors (Lipinski definition) is 1. The van der Waals surface area contributed by atoms with Gasteiger partial charge in [0.05, 0.1) is 0 Å². The van der Waals surface area contributed by atoms with Crippen molar-refractivity contribution >= 4 is 0 Å². The van der Waals surface area contributed by atoms with Crippen molar-refractivity contribution in [1.82, 2.24) is 15.1 Å². The van der Waals surface area contributed by atoms with E-state index in [1.807, 2.05) is 0 Å². The highest BCUT2D eigenvalue weighted by Gasteiger charge is 2.23. The van der Waals surface area contributed by atoms with Crippen LogP contribution in [0.3, 0.4) is 0 Å². The fraction of sp³-hybridized carbons (Fsp3) is 1.00. The van der Waals surface area contributed by atoms with Gasteiger partial charge in [0.25, 0.3) is 0 Å². The van der Waals surface area contributed by atoms with Gasteiger partial charge in [-0.15, -0.1) is 0 Å². The molecule has 0 bridgehead atoms. The zero-order valence-electron chi connectivity index (χ0n) is 14.5. The molecule has 0 aliphatic heterocycles. The van der Waals surface area contributed by atoms with E-state index < -0.39 is 0 Å². The fourth-order valence-corrected chi connectivity index (χ4v) is 2.73. The zero-order valence-corrected chi connectivity index (χ0v) is 14.5. The van der Waals surface area contributed by atoms with Crippen molar-refractivity contribution in [1.29, 1.82) is 0 Å². The summed E-state index contributed by atoms with van der Waals surface area (Å²) in [6.45, 7) is 18.4. The van der Waals surface area contributed by atoms with Crippen molar-refractivity contribution in [2.75, 3.05) is 40.3 Å². The standard InChI is InChI=1S/C16H37N3/c1-9-19(15(5)12-18(7)8)16(6)14(4)11-17-10-13(2)3/h13-17H,9-12H2,1-8H3. The van der Waals surface area contributed by atoms with Crippen LogP contribution >= 0.6 is 0 Å². The summed E-state index contributed by atoms with van der Waals surface area (Å²) in [5.41, 5.74) is 0. The normalized spacial score (nSPS) is 17.2. The second kappa shape index (κ2) is 9.73. The summed E-state index contributed by atoms with van der Waals surface area (Å²) < 4.78 is 0. The molecule has 3 heteroatoms. The van der Waals surface area contributed by atoms with Crippen LogP contribution in [0.25, 0.3) is 0 Å². The van der Waals surface area contributed by atoms with Gasteiger partial charge in [0, 0.05) is 18.6 Å². The Morgan fingerprint density at radius 1 is 0.947 bits per heavy atom. The molecule has 0 saturated heterocycles. The Morgan fingerprint density at radius 2 is 1.53 bits per heavy atom. The van der Waals surface area contributed by atoms with Gasteiger partial charge < -0.3 is 10.2 Å². The van der Waals surface area contributed by atoms with E-state index >= 15 is 0 Å². The third kappa shape index (κ3) is 7.91. The molecular formula is C16H37N3. The molecule has 0 saturated carbocycles. The molecule has 0 fully saturated rings. The SMILES string of the molecule is CCN(C(C)CN(C)C)C(C)C(C)CNCC(C)C. The van der Waals surface area contributed by atoms with Crippen LogP contribution < -0.4 is 5.32 Å². The van der Waals surface area contributed by atoms with Crippen molar-refractivity contribution in [2.24, 2.45) is 11.8 Å². The first-order valence-corrected chi connectivity index (χ1v) is 7.90. The van der Waals surface area contributed by atoms with E-state index in [9.17, 15) is 0 Å².